The number of nitrogens with one attached hydrogen (secondary N) is 3. The molecular weight excluding hydrogens is 300 g/mol. The molecule has 0 saturated carbocycles. The van der Waals surface area contributed by atoms with Crippen LogP contribution in [0.15, 0.2) is 4.99 Å². The molecule has 0 aromatic rings. The highest BCUT2D eigenvalue weighted by atomic mass is 16.5. The summed E-state index contributed by atoms with van der Waals surface area (Å²) in [6, 6.07) is -0.336. The molecule has 9 nitrogen and oxygen atoms in total. The van der Waals surface area contributed by atoms with E-state index in [1.54, 1.807) is 14.2 Å². The number of methoxy groups -OCH3 is 1. The summed E-state index contributed by atoms with van der Waals surface area (Å²) in [6.07, 6.45) is 1.01. The van der Waals surface area contributed by atoms with Crippen LogP contribution >= 0.6 is 0 Å². The van der Waals surface area contributed by atoms with Gasteiger partial charge in [-0.25, -0.2) is 4.79 Å². The summed E-state index contributed by atoms with van der Waals surface area (Å²) in [6.45, 7) is 4.26. The molecule has 1 heterocycles. The third-order valence-corrected chi connectivity index (χ3v) is 3.46. The molecule has 23 heavy (non-hydrogen) atoms. The second kappa shape index (κ2) is 10.8. The van der Waals surface area contributed by atoms with Crippen molar-refractivity contribution < 1.29 is 14.3 Å². The lowest BCUT2D eigenvalue weighted by Gasteiger charge is -2.18. The lowest BCUT2D eigenvalue weighted by atomic mass is 10.4. The number of nitrogens with zero attached hydrogens (tertiary/aromatic N) is 3. The van der Waals surface area contributed by atoms with Gasteiger partial charge in [-0.15, -0.1) is 0 Å². The van der Waals surface area contributed by atoms with Crippen LogP contribution in [0.4, 0.5) is 4.79 Å². The summed E-state index contributed by atoms with van der Waals surface area (Å²) < 4.78 is 5.03. The maximum Gasteiger partial charge on any atom is 0.324 e. The third kappa shape index (κ3) is 7.29. The normalized spacial score (nSPS) is 15.3. The van der Waals surface area contributed by atoms with Crippen molar-refractivity contribution in [1.82, 2.24) is 25.8 Å². The average molecular weight is 328 g/mol. The van der Waals surface area contributed by atoms with Crippen LogP contribution in [0.25, 0.3) is 0 Å². The van der Waals surface area contributed by atoms with Crippen molar-refractivity contribution in [3.8, 4) is 0 Å². The number of hydrogen-bond donors (Lipinski definition) is 3. The fourth-order valence-corrected chi connectivity index (χ4v) is 2.14. The van der Waals surface area contributed by atoms with Gasteiger partial charge in [-0.3, -0.25) is 14.7 Å². The summed E-state index contributed by atoms with van der Waals surface area (Å²) in [4.78, 5) is 30.4. The molecule has 1 rings (SSSR count). The van der Waals surface area contributed by atoms with Gasteiger partial charge in [0, 0.05) is 53.5 Å². The van der Waals surface area contributed by atoms with Crippen molar-refractivity contribution in [2.45, 2.75) is 6.42 Å². The summed E-state index contributed by atoms with van der Waals surface area (Å²) >= 11 is 0. The molecule has 3 N–H and O–H groups in total. The lowest BCUT2D eigenvalue weighted by molar-refractivity contribution is -0.124. The molecule has 0 aromatic heterocycles. The van der Waals surface area contributed by atoms with Gasteiger partial charge in [-0.2, -0.15) is 0 Å². The zero-order chi connectivity index (χ0) is 17.1. The number of rotatable bonds is 10. The minimum absolute atomic E-state index is 0.0845. The largest absolute Gasteiger partial charge is 0.385 e. The summed E-state index contributed by atoms with van der Waals surface area (Å²) in [7, 11) is 5.45. The first-order chi connectivity index (χ1) is 11.1. The molecule has 1 fully saturated rings. The Bertz CT molecular complexity index is 399. The van der Waals surface area contributed by atoms with Crippen molar-refractivity contribution in [3.63, 3.8) is 0 Å². The fourth-order valence-electron chi connectivity index (χ4n) is 2.14. The van der Waals surface area contributed by atoms with Crippen molar-refractivity contribution in [1.29, 1.82) is 0 Å². The van der Waals surface area contributed by atoms with Gasteiger partial charge < -0.3 is 25.6 Å². The smallest absolute Gasteiger partial charge is 0.324 e. The summed E-state index contributed by atoms with van der Waals surface area (Å²) in [5, 5.41) is 8.78. The molecule has 9 heteroatoms. The van der Waals surface area contributed by atoms with Crippen LogP contribution < -0.4 is 16.0 Å². The van der Waals surface area contributed by atoms with Crippen LogP contribution in [-0.2, 0) is 9.53 Å². The molecule has 0 spiro atoms. The van der Waals surface area contributed by atoms with Gasteiger partial charge >= 0.3 is 6.03 Å². The molecule has 1 aliphatic rings. The van der Waals surface area contributed by atoms with Crippen molar-refractivity contribution in [2.24, 2.45) is 4.99 Å². The molecule has 0 unspecified atom stereocenters. The first-order valence-electron chi connectivity index (χ1n) is 7.78. The molecule has 1 saturated heterocycles. The van der Waals surface area contributed by atoms with Crippen LogP contribution in [-0.4, -0.2) is 94.8 Å². The summed E-state index contributed by atoms with van der Waals surface area (Å²) in [5.41, 5.74) is 0. The van der Waals surface area contributed by atoms with E-state index in [9.17, 15) is 9.59 Å². The van der Waals surface area contributed by atoms with E-state index in [0.717, 1.165) is 32.7 Å². The molecule has 0 aliphatic carbocycles. The Kier molecular flexibility index (Phi) is 9.00. The highest BCUT2D eigenvalue weighted by Crippen LogP contribution is 1.96. The van der Waals surface area contributed by atoms with Gasteiger partial charge in [0.1, 0.15) is 0 Å². The van der Waals surface area contributed by atoms with E-state index in [0.29, 0.717) is 19.0 Å². The third-order valence-electron chi connectivity index (χ3n) is 3.46. The number of likely N-dealkylation sites (N-methyl/N-ethyl adjacent to an activating group) is 1. The molecular formula is C14H28N6O3. The predicted molar refractivity (Wildman–Crippen MR) is 88.5 cm³/mol. The Labute approximate surface area is 137 Å². The standard InChI is InChI=1S/C14H28N6O3/c1-15-13(16-5-8-19(2)7-4-10-23-3)17-6-9-20-12(21)11-18-14(20)22/h4-11H2,1-3H3,(H,18,22)(H2,15,16,17). The first-order valence-corrected chi connectivity index (χ1v) is 7.78. The minimum Gasteiger partial charge on any atom is -0.385 e. The van der Waals surface area contributed by atoms with E-state index in [-0.39, 0.29) is 18.5 Å². The highest BCUT2D eigenvalue weighted by Gasteiger charge is 2.27. The second-order valence-corrected chi connectivity index (χ2v) is 5.28. The zero-order valence-corrected chi connectivity index (χ0v) is 14.2. The fraction of sp³-hybridized carbons (Fsp3) is 0.786. The monoisotopic (exact) mass is 328 g/mol. The van der Waals surface area contributed by atoms with E-state index >= 15 is 0 Å². The predicted octanol–water partition coefficient (Wildman–Crippen LogP) is -1.33. The van der Waals surface area contributed by atoms with Crippen molar-refractivity contribution in [3.05, 3.63) is 0 Å². The van der Waals surface area contributed by atoms with Gasteiger partial charge in [-0.05, 0) is 13.5 Å². The van der Waals surface area contributed by atoms with E-state index in [2.05, 4.69) is 32.9 Å². The zero-order valence-electron chi connectivity index (χ0n) is 14.2. The number of carbonyl (C=O) groups is 2. The first kappa shape index (κ1) is 19.2. The number of carbonyl (C=O) groups excluding carboxylic acids is 2. The van der Waals surface area contributed by atoms with Gasteiger partial charge in [0.2, 0.25) is 5.91 Å². The van der Waals surface area contributed by atoms with E-state index in [1.807, 2.05) is 0 Å². The molecule has 0 bridgehead atoms. The Balaban J connectivity index is 2.15. The van der Waals surface area contributed by atoms with Crippen LogP contribution in [0.1, 0.15) is 6.42 Å². The Morgan fingerprint density at radius 3 is 2.70 bits per heavy atom. The van der Waals surface area contributed by atoms with Crippen LogP contribution in [0.3, 0.4) is 0 Å². The van der Waals surface area contributed by atoms with Crippen molar-refractivity contribution in [2.75, 3.05) is 67.1 Å². The molecule has 0 radical (unpaired) electrons. The van der Waals surface area contributed by atoms with Crippen molar-refractivity contribution >= 4 is 17.9 Å². The number of aliphatic imine (C=N–C) groups is 1. The molecule has 0 atom stereocenters. The second-order valence-electron chi connectivity index (χ2n) is 5.28. The maximum atomic E-state index is 11.4. The molecule has 132 valence electrons. The van der Waals surface area contributed by atoms with E-state index < -0.39 is 0 Å². The van der Waals surface area contributed by atoms with Gasteiger partial charge in [0.15, 0.2) is 5.96 Å². The van der Waals surface area contributed by atoms with Gasteiger partial charge in [0.25, 0.3) is 0 Å². The summed E-state index contributed by atoms with van der Waals surface area (Å²) in [5.74, 6) is 0.458. The van der Waals surface area contributed by atoms with E-state index in [1.165, 1.54) is 4.90 Å². The Morgan fingerprint density at radius 1 is 1.35 bits per heavy atom. The highest BCUT2D eigenvalue weighted by molar-refractivity contribution is 6.01. The van der Waals surface area contributed by atoms with Gasteiger partial charge in [-0.1, -0.05) is 0 Å². The van der Waals surface area contributed by atoms with E-state index in [4.69, 9.17) is 4.74 Å². The number of amides is 3. The number of urea groups is 1. The Morgan fingerprint density at radius 2 is 2.09 bits per heavy atom. The minimum atomic E-state index is -0.336. The number of ether oxygens (including phenoxy) is 1. The molecule has 0 aromatic carbocycles. The number of hydrogen-bond acceptors (Lipinski definition) is 5. The number of guanidine groups is 1. The lowest BCUT2D eigenvalue weighted by Crippen LogP contribution is -2.44. The van der Waals surface area contributed by atoms with Crippen LogP contribution in [0.2, 0.25) is 0 Å². The van der Waals surface area contributed by atoms with Gasteiger partial charge in [0.05, 0.1) is 6.54 Å². The molecule has 3 amide bonds. The van der Waals surface area contributed by atoms with Crippen LogP contribution in [0, 0.1) is 0 Å². The topological polar surface area (TPSA) is 98.3 Å². The SMILES string of the molecule is CN=C(NCCN(C)CCCOC)NCCN1C(=O)CNC1=O. The number of imide groups is 1. The quantitative estimate of drug-likeness (QED) is 0.199. The van der Waals surface area contributed by atoms with Crippen LogP contribution in [0.5, 0.6) is 0 Å². The average Bonchev–Trinajstić information content (AvgIpc) is 2.85. The molecule has 1 aliphatic heterocycles. The Hall–Kier alpha value is -1.87. The maximum absolute atomic E-state index is 11.4.